The number of ether oxygens (including phenoxy) is 2. The maximum Gasteiger partial charge on any atom is 0.311 e. The van der Waals surface area contributed by atoms with Crippen LogP contribution in [0.3, 0.4) is 0 Å². The highest BCUT2D eigenvalue weighted by atomic mass is 16.6. The molecule has 1 aromatic rings. The summed E-state index contributed by atoms with van der Waals surface area (Å²) in [6, 6.07) is 6.76. The first kappa shape index (κ1) is 17.2. The summed E-state index contributed by atoms with van der Waals surface area (Å²) in [6.07, 6.45) is 3.33. The van der Waals surface area contributed by atoms with Gasteiger partial charge in [-0.05, 0) is 24.5 Å². The molecule has 21 heavy (non-hydrogen) atoms. The second-order valence-electron chi connectivity index (χ2n) is 5.03. The quantitative estimate of drug-likeness (QED) is 0.534. The van der Waals surface area contributed by atoms with E-state index in [-0.39, 0.29) is 11.9 Å². The minimum absolute atomic E-state index is 0.289. The van der Waals surface area contributed by atoms with Crippen molar-refractivity contribution < 1.29 is 19.1 Å². The summed E-state index contributed by atoms with van der Waals surface area (Å²) in [5, 5.41) is 0. The smallest absolute Gasteiger partial charge is 0.311 e. The molecule has 0 radical (unpaired) electrons. The topological polar surface area (TPSA) is 52.6 Å². The van der Waals surface area contributed by atoms with E-state index in [9.17, 15) is 9.59 Å². The zero-order chi connectivity index (χ0) is 15.7. The predicted octanol–water partition coefficient (Wildman–Crippen LogP) is 4.12. The van der Waals surface area contributed by atoms with Gasteiger partial charge in [0.15, 0.2) is 11.5 Å². The highest BCUT2D eigenvalue weighted by molar-refractivity contribution is 5.76. The Balaban J connectivity index is 2.70. The van der Waals surface area contributed by atoms with Gasteiger partial charge < -0.3 is 9.47 Å². The fourth-order valence-electron chi connectivity index (χ4n) is 1.97. The summed E-state index contributed by atoms with van der Waals surface area (Å²) in [4.78, 5) is 23.5. The lowest BCUT2D eigenvalue weighted by Gasteiger charge is -2.13. The molecule has 4 heteroatoms. The van der Waals surface area contributed by atoms with Gasteiger partial charge in [0.25, 0.3) is 0 Å². The third kappa shape index (κ3) is 5.98. The molecule has 1 aromatic carbocycles. The van der Waals surface area contributed by atoms with Gasteiger partial charge in [0.05, 0.1) is 0 Å². The maximum atomic E-state index is 11.9. The van der Waals surface area contributed by atoms with Crippen LogP contribution in [-0.2, 0) is 9.59 Å². The molecule has 1 rings (SSSR count). The number of carbonyl (C=O) groups excluding carboxylic acids is 2. The Morgan fingerprint density at radius 1 is 0.952 bits per heavy atom. The summed E-state index contributed by atoms with van der Waals surface area (Å²) in [5.74, 6) is 0.322. The van der Waals surface area contributed by atoms with Gasteiger partial charge >= 0.3 is 11.9 Å². The van der Waals surface area contributed by atoms with E-state index in [0.29, 0.717) is 30.3 Å². The third-order valence-corrected chi connectivity index (χ3v) is 3.36. The van der Waals surface area contributed by atoms with Gasteiger partial charge in [-0.3, -0.25) is 9.59 Å². The van der Waals surface area contributed by atoms with Crippen LogP contribution >= 0.6 is 0 Å². The van der Waals surface area contributed by atoms with Crippen LogP contribution in [-0.4, -0.2) is 11.9 Å². The number of hydrogen-bond donors (Lipinski definition) is 0. The lowest BCUT2D eigenvalue weighted by atomic mass is 10.00. The average molecular weight is 292 g/mol. The average Bonchev–Trinajstić information content (AvgIpc) is 2.47. The van der Waals surface area contributed by atoms with Crippen molar-refractivity contribution in [2.45, 2.75) is 52.9 Å². The standard InChI is InChI=1S/C17H24O4/c1-4-9-16(18)20-14-10-7-8-11-15(14)21-17(19)12-13(5-2)6-3/h7-8,10-11,13H,4-6,9,12H2,1-3H3. The minimum atomic E-state index is -0.319. The number of carbonyl (C=O) groups is 2. The Bertz CT molecular complexity index is 464. The fourth-order valence-corrected chi connectivity index (χ4v) is 1.97. The predicted molar refractivity (Wildman–Crippen MR) is 81.3 cm³/mol. The summed E-state index contributed by atoms with van der Waals surface area (Å²) in [7, 11) is 0. The van der Waals surface area contributed by atoms with Gasteiger partial charge in [-0.1, -0.05) is 45.7 Å². The molecule has 116 valence electrons. The van der Waals surface area contributed by atoms with Crippen LogP contribution < -0.4 is 9.47 Å². The maximum absolute atomic E-state index is 11.9. The van der Waals surface area contributed by atoms with Crippen molar-refractivity contribution in [2.75, 3.05) is 0 Å². The molecule has 0 spiro atoms. The SMILES string of the molecule is CCCC(=O)Oc1ccccc1OC(=O)CC(CC)CC. The Labute approximate surface area is 126 Å². The van der Waals surface area contributed by atoms with E-state index >= 15 is 0 Å². The number of benzene rings is 1. The first-order valence-corrected chi connectivity index (χ1v) is 7.61. The Hall–Kier alpha value is -1.84. The monoisotopic (exact) mass is 292 g/mol. The second-order valence-corrected chi connectivity index (χ2v) is 5.03. The van der Waals surface area contributed by atoms with Crippen LogP contribution in [0.2, 0.25) is 0 Å². The van der Waals surface area contributed by atoms with E-state index in [0.717, 1.165) is 19.3 Å². The summed E-state index contributed by atoms with van der Waals surface area (Å²) in [5.41, 5.74) is 0. The van der Waals surface area contributed by atoms with E-state index < -0.39 is 0 Å². The van der Waals surface area contributed by atoms with Gasteiger partial charge in [-0.25, -0.2) is 0 Å². The molecule has 0 aliphatic carbocycles. The zero-order valence-corrected chi connectivity index (χ0v) is 13.1. The van der Waals surface area contributed by atoms with Crippen molar-refractivity contribution >= 4 is 11.9 Å². The van der Waals surface area contributed by atoms with E-state index in [2.05, 4.69) is 13.8 Å². The van der Waals surface area contributed by atoms with Gasteiger partial charge in [-0.15, -0.1) is 0 Å². The van der Waals surface area contributed by atoms with Crippen molar-refractivity contribution in [1.82, 2.24) is 0 Å². The summed E-state index contributed by atoms with van der Waals surface area (Å²) < 4.78 is 10.6. The molecule has 0 bridgehead atoms. The molecule has 0 unspecified atom stereocenters. The van der Waals surface area contributed by atoms with Crippen molar-refractivity contribution in [2.24, 2.45) is 5.92 Å². The summed E-state index contributed by atoms with van der Waals surface area (Å²) >= 11 is 0. The normalized spacial score (nSPS) is 10.5. The molecule has 0 saturated carbocycles. The molecule has 4 nitrogen and oxygen atoms in total. The molecule has 0 saturated heterocycles. The van der Waals surface area contributed by atoms with Crippen LogP contribution in [0.1, 0.15) is 52.9 Å². The van der Waals surface area contributed by atoms with Crippen LogP contribution in [0.15, 0.2) is 24.3 Å². The minimum Gasteiger partial charge on any atom is -0.423 e. The molecule has 0 aliphatic heterocycles. The van der Waals surface area contributed by atoms with Crippen molar-refractivity contribution in [3.8, 4) is 11.5 Å². The van der Waals surface area contributed by atoms with Gasteiger partial charge in [0.2, 0.25) is 0 Å². The first-order valence-electron chi connectivity index (χ1n) is 7.61. The second kappa shape index (κ2) is 9.16. The van der Waals surface area contributed by atoms with Crippen molar-refractivity contribution in [1.29, 1.82) is 0 Å². The molecule has 0 atom stereocenters. The molecule has 0 heterocycles. The molecule has 0 aromatic heterocycles. The van der Waals surface area contributed by atoms with E-state index in [1.54, 1.807) is 24.3 Å². The number of hydrogen-bond acceptors (Lipinski definition) is 4. The lowest BCUT2D eigenvalue weighted by Crippen LogP contribution is -2.15. The Morgan fingerprint density at radius 2 is 1.48 bits per heavy atom. The van der Waals surface area contributed by atoms with Crippen molar-refractivity contribution in [3.05, 3.63) is 24.3 Å². The van der Waals surface area contributed by atoms with E-state index in [4.69, 9.17) is 9.47 Å². The van der Waals surface area contributed by atoms with E-state index in [1.807, 2.05) is 6.92 Å². The Morgan fingerprint density at radius 3 is 1.95 bits per heavy atom. The number of esters is 2. The largest absolute Gasteiger partial charge is 0.423 e. The van der Waals surface area contributed by atoms with Gasteiger partial charge in [-0.2, -0.15) is 0 Å². The summed E-state index contributed by atoms with van der Waals surface area (Å²) in [6.45, 7) is 6.02. The van der Waals surface area contributed by atoms with E-state index in [1.165, 1.54) is 0 Å². The zero-order valence-electron chi connectivity index (χ0n) is 13.1. The van der Waals surface area contributed by atoms with Gasteiger partial charge in [0, 0.05) is 12.8 Å². The van der Waals surface area contributed by atoms with Gasteiger partial charge in [0.1, 0.15) is 0 Å². The highest BCUT2D eigenvalue weighted by Gasteiger charge is 2.15. The van der Waals surface area contributed by atoms with Crippen LogP contribution in [0, 0.1) is 5.92 Å². The number of rotatable bonds is 8. The first-order chi connectivity index (χ1) is 10.1. The van der Waals surface area contributed by atoms with Crippen LogP contribution in [0.5, 0.6) is 11.5 Å². The molecule has 0 N–H and O–H groups in total. The molecular formula is C17H24O4. The highest BCUT2D eigenvalue weighted by Crippen LogP contribution is 2.28. The Kier molecular flexibility index (Phi) is 7.51. The lowest BCUT2D eigenvalue weighted by molar-refractivity contribution is -0.137. The van der Waals surface area contributed by atoms with Crippen molar-refractivity contribution in [3.63, 3.8) is 0 Å². The third-order valence-electron chi connectivity index (χ3n) is 3.36. The molecular weight excluding hydrogens is 268 g/mol. The number of para-hydroxylation sites is 2. The molecule has 0 aliphatic rings. The molecule has 0 fully saturated rings. The fraction of sp³-hybridized carbons (Fsp3) is 0.529. The van der Waals surface area contributed by atoms with Crippen LogP contribution in [0.25, 0.3) is 0 Å². The molecule has 0 amide bonds. The van der Waals surface area contributed by atoms with Crippen LogP contribution in [0.4, 0.5) is 0 Å².